The first-order chi connectivity index (χ1) is 8.19. The van der Waals surface area contributed by atoms with Crippen molar-refractivity contribution in [3.05, 3.63) is 40.4 Å². The highest BCUT2D eigenvalue weighted by Gasteiger charge is 2.08. The highest BCUT2D eigenvalue weighted by atomic mass is 32.1. The Labute approximate surface area is 105 Å². The Bertz CT molecular complexity index is 491. The fourth-order valence-corrected chi connectivity index (χ4v) is 2.13. The molecule has 90 valence electrons. The summed E-state index contributed by atoms with van der Waals surface area (Å²) in [5, 5.41) is 0.685. The molecule has 1 heterocycles. The van der Waals surface area contributed by atoms with Crippen LogP contribution in [0.2, 0.25) is 0 Å². The summed E-state index contributed by atoms with van der Waals surface area (Å²) in [6.07, 6.45) is 0. The lowest BCUT2D eigenvalue weighted by atomic mass is 10.2. The molecule has 0 fully saturated rings. The molecule has 0 aliphatic rings. The van der Waals surface area contributed by atoms with Gasteiger partial charge in [0, 0.05) is 4.88 Å². The first kappa shape index (κ1) is 11.9. The molecule has 3 nitrogen and oxygen atoms in total. The molecule has 1 aromatic carbocycles. The summed E-state index contributed by atoms with van der Waals surface area (Å²) in [5.74, 6) is 0.863. The Morgan fingerprint density at radius 1 is 1.18 bits per heavy atom. The molecular weight excluding hydrogens is 234 g/mol. The minimum absolute atomic E-state index is 0.481. The summed E-state index contributed by atoms with van der Waals surface area (Å²) in [7, 11) is 1.63. The van der Waals surface area contributed by atoms with E-state index in [1.165, 1.54) is 16.9 Å². The normalized spacial score (nSPS) is 10.3. The van der Waals surface area contributed by atoms with Crippen LogP contribution in [0, 0.1) is 13.8 Å². The highest BCUT2D eigenvalue weighted by molar-refractivity contribution is 7.13. The third kappa shape index (κ3) is 2.97. The lowest BCUT2D eigenvalue weighted by Crippen LogP contribution is -1.97. The molecule has 0 spiro atoms. The minimum Gasteiger partial charge on any atom is -0.487 e. The lowest BCUT2D eigenvalue weighted by Gasteiger charge is -2.04. The van der Waals surface area contributed by atoms with Gasteiger partial charge in [-0.3, -0.25) is 0 Å². The standard InChI is InChI=1S/C13H15NO2S/c1-9-4-6-11(7-5-9)16-8-12-10(2)17-13(14-12)15-3/h4-7H,8H2,1-3H3. The van der Waals surface area contributed by atoms with Gasteiger partial charge in [0.05, 0.1) is 12.8 Å². The van der Waals surface area contributed by atoms with Gasteiger partial charge in [0.25, 0.3) is 5.19 Å². The van der Waals surface area contributed by atoms with E-state index in [2.05, 4.69) is 11.9 Å². The fraction of sp³-hybridized carbons (Fsp3) is 0.308. The van der Waals surface area contributed by atoms with Crippen molar-refractivity contribution in [1.29, 1.82) is 0 Å². The SMILES string of the molecule is COc1nc(COc2ccc(C)cc2)c(C)s1. The molecular formula is C13H15NO2S. The average Bonchev–Trinajstić information content (AvgIpc) is 2.69. The number of hydrogen-bond acceptors (Lipinski definition) is 4. The van der Waals surface area contributed by atoms with Crippen LogP contribution in [0.5, 0.6) is 10.9 Å². The van der Waals surface area contributed by atoms with Gasteiger partial charge in [0.15, 0.2) is 0 Å². The van der Waals surface area contributed by atoms with Gasteiger partial charge in [-0.1, -0.05) is 29.0 Å². The number of hydrogen-bond donors (Lipinski definition) is 0. The van der Waals surface area contributed by atoms with Crippen LogP contribution in [0.25, 0.3) is 0 Å². The summed E-state index contributed by atoms with van der Waals surface area (Å²) in [4.78, 5) is 5.47. The van der Waals surface area contributed by atoms with Crippen LogP contribution in [0.15, 0.2) is 24.3 Å². The van der Waals surface area contributed by atoms with E-state index >= 15 is 0 Å². The van der Waals surface area contributed by atoms with Gasteiger partial charge in [-0.25, -0.2) is 4.98 Å². The van der Waals surface area contributed by atoms with E-state index in [1.54, 1.807) is 7.11 Å². The Hall–Kier alpha value is -1.55. The van der Waals surface area contributed by atoms with Crippen LogP contribution < -0.4 is 9.47 Å². The Kier molecular flexibility index (Phi) is 3.64. The number of nitrogens with zero attached hydrogens (tertiary/aromatic N) is 1. The Morgan fingerprint density at radius 3 is 2.47 bits per heavy atom. The molecule has 0 bridgehead atoms. The molecule has 0 amide bonds. The van der Waals surface area contributed by atoms with Crippen LogP contribution in [0.1, 0.15) is 16.1 Å². The van der Waals surface area contributed by atoms with Gasteiger partial charge in [-0.05, 0) is 26.0 Å². The number of benzene rings is 1. The van der Waals surface area contributed by atoms with Crippen LogP contribution >= 0.6 is 11.3 Å². The molecule has 0 atom stereocenters. The number of ether oxygens (including phenoxy) is 2. The van der Waals surface area contributed by atoms with Crippen molar-refractivity contribution in [2.75, 3.05) is 7.11 Å². The number of aryl methyl sites for hydroxylation is 2. The highest BCUT2D eigenvalue weighted by Crippen LogP contribution is 2.24. The maximum absolute atomic E-state index is 5.67. The second-order valence-corrected chi connectivity index (χ2v) is 4.95. The summed E-state index contributed by atoms with van der Waals surface area (Å²) >= 11 is 1.54. The topological polar surface area (TPSA) is 31.4 Å². The molecule has 0 aliphatic carbocycles. The van der Waals surface area contributed by atoms with Gasteiger partial charge in [-0.2, -0.15) is 0 Å². The van der Waals surface area contributed by atoms with Crippen molar-refractivity contribution in [2.24, 2.45) is 0 Å². The third-order valence-corrected chi connectivity index (χ3v) is 3.42. The fourth-order valence-electron chi connectivity index (χ4n) is 1.41. The number of aromatic nitrogens is 1. The van der Waals surface area contributed by atoms with E-state index in [4.69, 9.17) is 9.47 Å². The molecule has 0 N–H and O–H groups in total. The zero-order valence-corrected chi connectivity index (χ0v) is 11.0. The first-order valence-electron chi connectivity index (χ1n) is 5.39. The van der Waals surface area contributed by atoms with Crippen molar-refractivity contribution < 1.29 is 9.47 Å². The quantitative estimate of drug-likeness (QED) is 0.832. The van der Waals surface area contributed by atoms with Crippen molar-refractivity contribution in [3.8, 4) is 10.9 Å². The van der Waals surface area contributed by atoms with E-state index in [-0.39, 0.29) is 0 Å². The lowest BCUT2D eigenvalue weighted by molar-refractivity contribution is 0.299. The summed E-state index contributed by atoms with van der Waals surface area (Å²) in [5.41, 5.74) is 2.16. The summed E-state index contributed by atoms with van der Waals surface area (Å²) < 4.78 is 10.8. The minimum atomic E-state index is 0.481. The van der Waals surface area contributed by atoms with Crippen LogP contribution in [-0.2, 0) is 6.61 Å². The molecule has 0 unspecified atom stereocenters. The largest absolute Gasteiger partial charge is 0.487 e. The number of thiazole rings is 1. The van der Waals surface area contributed by atoms with Crippen LogP contribution in [0.3, 0.4) is 0 Å². The van der Waals surface area contributed by atoms with Crippen molar-refractivity contribution in [1.82, 2.24) is 4.98 Å². The summed E-state index contributed by atoms with van der Waals surface area (Å²) in [6, 6.07) is 8.00. The molecule has 2 aromatic rings. The van der Waals surface area contributed by atoms with Gasteiger partial charge >= 0.3 is 0 Å². The Balaban J connectivity index is 2.01. The average molecular weight is 249 g/mol. The van der Waals surface area contributed by atoms with Gasteiger partial charge < -0.3 is 9.47 Å². The third-order valence-electron chi connectivity index (χ3n) is 2.44. The van der Waals surface area contributed by atoms with Gasteiger partial charge in [0.2, 0.25) is 0 Å². The second-order valence-electron chi connectivity index (χ2n) is 3.79. The molecule has 0 saturated heterocycles. The number of rotatable bonds is 4. The first-order valence-corrected chi connectivity index (χ1v) is 6.20. The monoisotopic (exact) mass is 249 g/mol. The summed E-state index contributed by atoms with van der Waals surface area (Å²) in [6.45, 7) is 4.56. The molecule has 0 aliphatic heterocycles. The van der Waals surface area contributed by atoms with E-state index in [0.29, 0.717) is 11.8 Å². The van der Waals surface area contributed by atoms with Gasteiger partial charge in [0.1, 0.15) is 12.4 Å². The molecule has 1 aromatic heterocycles. The molecule has 2 rings (SSSR count). The predicted molar refractivity (Wildman–Crippen MR) is 68.9 cm³/mol. The van der Waals surface area contributed by atoms with Gasteiger partial charge in [-0.15, -0.1) is 0 Å². The second kappa shape index (κ2) is 5.19. The molecule has 17 heavy (non-hydrogen) atoms. The van der Waals surface area contributed by atoms with E-state index in [0.717, 1.165) is 16.3 Å². The maximum Gasteiger partial charge on any atom is 0.273 e. The van der Waals surface area contributed by atoms with Crippen molar-refractivity contribution >= 4 is 11.3 Å². The van der Waals surface area contributed by atoms with Crippen molar-refractivity contribution in [3.63, 3.8) is 0 Å². The smallest absolute Gasteiger partial charge is 0.273 e. The van der Waals surface area contributed by atoms with Crippen LogP contribution in [-0.4, -0.2) is 12.1 Å². The zero-order valence-electron chi connectivity index (χ0n) is 10.2. The number of methoxy groups -OCH3 is 1. The predicted octanol–water partition coefficient (Wildman–Crippen LogP) is 3.35. The maximum atomic E-state index is 5.67. The molecule has 0 radical (unpaired) electrons. The molecule has 0 saturated carbocycles. The zero-order chi connectivity index (χ0) is 12.3. The Morgan fingerprint density at radius 2 is 1.88 bits per heavy atom. The molecule has 4 heteroatoms. The van der Waals surface area contributed by atoms with E-state index in [1.807, 2.05) is 31.2 Å². The van der Waals surface area contributed by atoms with E-state index in [9.17, 15) is 0 Å². The van der Waals surface area contributed by atoms with Crippen molar-refractivity contribution in [2.45, 2.75) is 20.5 Å². The van der Waals surface area contributed by atoms with Crippen LogP contribution in [0.4, 0.5) is 0 Å². The van der Waals surface area contributed by atoms with E-state index < -0.39 is 0 Å².